The standard InChI is InChI=1S/C40H53FN12O15P2S2/c1-39(2,3)65-37(56)50-11-7-9-19(50)33(54)49-30-25-32(46-16-44-30)53(18-48-25)35-28(64-36(55)20-10-8-12-51(20)38(57)66-40(4,5)6)27-22(63-35)14-61-69(58,71)67-26-21(13-60-70(59,72)68-27)62-34(23(26)41)52-17-47-24-29(42)43-15-45-31(24)52/h15-23,26-28,34-35H,7-14H2,1-6H3,(H,58,71)(H,59,72)(H2,42,43,45)(H,44,46,49,54)/t19-,20-,21?,22-,23-,26-,27-,28-,34-,35-,69?,70?/m1/s1. The van der Waals surface area contributed by atoms with Gasteiger partial charge in [-0.05, 0) is 79.0 Å². The van der Waals surface area contributed by atoms with E-state index in [2.05, 4.69) is 47.5 Å². The number of nitrogens with one attached hydrogen (secondary N) is 1. The number of hydrogen-bond donors (Lipinski definition) is 4. The van der Waals surface area contributed by atoms with E-state index in [1.54, 1.807) is 41.5 Å². The average Bonchev–Trinajstić information content (AvgIpc) is 4.15. The molecule has 5 aliphatic rings. The number of imidazole rings is 2. The molecule has 0 aromatic carbocycles. The van der Waals surface area contributed by atoms with Gasteiger partial charge in [-0.3, -0.25) is 37.3 Å². The molecule has 3 amide bonds. The first-order valence-corrected chi connectivity index (χ1v) is 28.0. The summed E-state index contributed by atoms with van der Waals surface area (Å²) in [6, 6.07) is -2.06. The van der Waals surface area contributed by atoms with Crippen molar-refractivity contribution in [3.63, 3.8) is 0 Å². The Labute approximate surface area is 420 Å². The van der Waals surface area contributed by atoms with E-state index in [0.717, 1.165) is 12.7 Å². The van der Waals surface area contributed by atoms with Gasteiger partial charge in [-0.1, -0.05) is 12.2 Å². The fourth-order valence-electron chi connectivity index (χ4n) is 8.93. The van der Waals surface area contributed by atoms with Gasteiger partial charge in [0.25, 0.3) is 0 Å². The van der Waals surface area contributed by atoms with Crippen molar-refractivity contribution in [1.82, 2.24) is 48.8 Å². The molecule has 0 bridgehead atoms. The van der Waals surface area contributed by atoms with E-state index in [-0.39, 0.29) is 53.5 Å². The molecule has 9 rings (SSSR count). The molecule has 5 fully saturated rings. The highest BCUT2D eigenvalue weighted by Gasteiger charge is 2.56. The number of aromatic nitrogens is 8. The number of esters is 1. The number of carbonyl (C=O) groups is 4. The number of thiol groups is 1. The minimum atomic E-state index is -4.65. The van der Waals surface area contributed by atoms with Gasteiger partial charge in [0.05, 0.1) is 25.9 Å². The lowest BCUT2D eigenvalue weighted by molar-refractivity contribution is -0.163. The van der Waals surface area contributed by atoms with Gasteiger partial charge in [0.2, 0.25) is 5.91 Å². The zero-order valence-electron chi connectivity index (χ0n) is 39.6. The van der Waals surface area contributed by atoms with Gasteiger partial charge in [-0.25, -0.2) is 53.2 Å². The first-order valence-electron chi connectivity index (χ1n) is 22.7. The van der Waals surface area contributed by atoms with Crippen LogP contribution in [0.15, 0.2) is 25.3 Å². The van der Waals surface area contributed by atoms with Gasteiger partial charge in [0.15, 0.2) is 53.2 Å². The van der Waals surface area contributed by atoms with Crippen LogP contribution in [0.2, 0.25) is 0 Å². The Morgan fingerprint density at radius 1 is 0.806 bits per heavy atom. The number of rotatable bonds is 6. The first kappa shape index (κ1) is 52.1. The summed E-state index contributed by atoms with van der Waals surface area (Å²) < 4.78 is 86.7. The number of carbonyl (C=O) groups excluding carboxylic acids is 4. The largest absolute Gasteiger partial charge is 0.453 e. The number of alkyl halides is 1. The summed E-state index contributed by atoms with van der Waals surface area (Å²) >= 11 is 9.66. The minimum Gasteiger partial charge on any atom is -0.453 e. The number of nitrogen functional groups attached to an aromatic ring is 1. The molecule has 4 N–H and O–H groups in total. The number of anilines is 2. The highest BCUT2D eigenvalue weighted by molar-refractivity contribution is 8.44. The summed E-state index contributed by atoms with van der Waals surface area (Å²) in [7, 11) is 0. The van der Waals surface area contributed by atoms with Crippen LogP contribution in [0.1, 0.15) is 79.7 Å². The average molecular weight is 1090 g/mol. The molecule has 392 valence electrons. The molecule has 4 aromatic heterocycles. The lowest BCUT2D eigenvalue weighted by Crippen LogP contribution is -2.47. The Morgan fingerprint density at radius 3 is 2.03 bits per heavy atom. The second-order valence-corrected chi connectivity index (χ2v) is 25.1. The van der Waals surface area contributed by atoms with E-state index >= 15 is 4.39 Å². The zero-order chi connectivity index (χ0) is 51.7. The molecule has 0 spiro atoms. The minimum absolute atomic E-state index is 0.0186. The van der Waals surface area contributed by atoms with E-state index in [1.165, 1.54) is 31.6 Å². The molecule has 0 aliphatic carbocycles. The van der Waals surface area contributed by atoms with Gasteiger partial charge < -0.3 is 44.2 Å². The molecule has 72 heavy (non-hydrogen) atoms. The molecule has 5 saturated heterocycles. The maximum atomic E-state index is 16.6. The van der Waals surface area contributed by atoms with E-state index in [1.807, 2.05) is 0 Å². The number of nitrogens with zero attached hydrogens (tertiary/aromatic N) is 10. The van der Waals surface area contributed by atoms with Crippen LogP contribution < -0.4 is 11.1 Å². The number of nitrogens with two attached hydrogens (primary N) is 1. The first-order chi connectivity index (χ1) is 33.9. The number of amides is 3. The second kappa shape index (κ2) is 19.8. The van der Waals surface area contributed by atoms with Crippen molar-refractivity contribution >= 4 is 95.6 Å². The Bertz CT molecular complexity index is 2850. The smallest absolute Gasteiger partial charge is 0.411 e. The van der Waals surface area contributed by atoms with Crippen LogP contribution in [0.4, 0.5) is 25.6 Å². The van der Waals surface area contributed by atoms with Crippen LogP contribution in [0.25, 0.3) is 22.3 Å². The molecule has 12 atom stereocenters. The van der Waals surface area contributed by atoms with Gasteiger partial charge in [0, 0.05) is 13.1 Å². The van der Waals surface area contributed by atoms with E-state index in [0.29, 0.717) is 19.3 Å². The Hall–Kier alpha value is -4.74. The maximum absolute atomic E-state index is 16.6. The normalized spacial score (nSPS) is 32.5. The topological polar surface area (TPSA) is 320 Å². The third-order valence-corrected chi connectivity index (χ3v) is 15.2. The molecule has 27 nitrogen and oxygen atoms in total. The van der Waals surface area contributed by atoms with E-state index < -0.39 is 123 Å². The van der Waals surface area contributed by atoms with Crippen molar-refractivity contribution in [3.05, 3.63) is 25.3 Å². The third kappa shape index (κ3) is 10.9. The molecular weight excluding hydrogens is 1030 g/mol. The molecule has 9 heterocycles. The van der Waals surface area contributed by atoms with Gasteiger partial charge in [0.1, 0.15) is 65.9 Å². The Balaban J connectivity index is 1.02. The predicted octanol–water partition coefficient (Wildman–Crippen LogP) is 4.10. The van der Waals surface area contributed by atoms with Crippen LogP contribution in [0.3, 0.4) is 0 Å². The SMILES string of the molecule is CC(C)(C)OC(=O)N1CCC[C@@H]1C(=O)Nc1ncnc2c1ncn2[C@@H]1O[C@@H]2COP(O)(=S)O[C@@H]3C(COP(=O)(S)O[C@H]2[C@H]1OC(=O)[C@H]1CCCN1C(=O)OC(C)(C)C)O[C@@H](n1cnc2c(N)ncnc21)[C@@H]3F. The lowest BCUT2D eigenvalue weighted by atomic mass is 10.1. The van der Waals surface area contributed by atoms with Crippen molar-refractivity contribution in [1.29, 1.82) is 0 Å². The number of halogens is 1. The zero-order valence-corrected chi connectivity index (χ0v) is 43.1. The third-order valence-electron chi connectivity index (χ3n) is 12.0. The lowest BCUT2D eigenvalue weighted by Gasteiger charge is -2.31. The fraction of sp³-hybridized carbons (Fsp3) is 0.650. The van der Waals surface area contributed by atoms with Crippen LogP contribution in [0.5, 0.6) is 0 Å². The van der Waals surface area contributed by atoms with Crippen LogP contribution in [-0.2, 0) is 67.7 Å². The summed E-state index contributed by atoms with van der Waals surface area (Å²) in [4.78, 5) is 94.0. The summed E-state index contributed by atoms with van der Waals surface area (Å²) in [6.45, 7) is 0.0652. The summed E-state index contributed by atoms with van der Waals surface area (Å²) in [5, 5.41) is 2.74. The number of fused-ring (bicyclic) bond motifs is 4. The van der Waals surface area contributed by atoms with Crippen LogP contribution in [0, 0.1) is 0 Å². The van der Waals surface area contributed by atoms with Gasteiger partial charge >= 0.3 is 31.7 Å². The molecule has 5 aliphatic heterocycles. The summed E-state index contributed by atoms with van der Waals surface area (Å²) in [6.07, 6.45) is -8.18. The van der Waals surface area contributed by atoms with Crippen molar-refractivity contribution in [2.24, 2.45) is 0 Å². The van der Waals surface area contributed by atoms with Crippen LogP contribution in [-0.4, -0.2) is 164 Å². The van der Waals surface area contributed by atoms with Gasteiger partial charge in [-0.15, -0.1) is 0 Å². The molecule has 0 saturated carbocycles. The monoisotopic (exact) mass is 1090 g/mol. The predicted molar refractivity (Wildman–Crippen MR) is 253 cm³/mol. The van der Waals surface area contributed by atoms with Crippen LogP contribution >= 0.6 is 25.8 Å². The highest BCUT2D eigenvalue weighted by Crippen LogP contribution is 2.59. The van der Waals surface area contributed by atoms with Crippen molar-refractivity contribution < 1.29 is 74.8 Å². The van der Waals surface area contributed by atoms with Crippen molar-refractivity contribution in [2.75, 3.05) is 37.4 Å². The molecule has 3 unspecified atom stereocenters. The Kier molecular flexibility index (Phi) is 14.4. The van der Waals surface area contributed by atoms with E-state index in [9.17, 15) is 28.6 Å². The van der Waals surface area contributed by atoms with E-state index in [4.69, 9.17) is 59.3 Å². The number of hydrogen-bond acceptors (Lipinski definition) is 22. The summed E-state index contributed by atoms with van der Waals surface area (Å²) in [5.74, 6) is -1.54. The van der Waals surface area contributed by atoms with Crippen molar-refractivity contribution in [3.8, 4) is 0 Å². The maximum Gasteiger partial charge on any atom is 0.411 e. The molecular formula is C40H53FN12O15P2S2. The fourth-order valence-corrected chi connectivity index (χ4v) is 11.9. The number of ether oxygens (including phenoxy) is 5. The second-order valence-electron chi connectivity index (χ2n) is 19.4. The molecule has 0 radical (unpaired) electrons. The number of likely N-dealkylation sites (tertiary alicyclic amines) is 2. The van der Waals surface area contributed by atoms with Gasteiger partial charge in [-0.2, -0.15) is 0 Å². The van der Waals surface area contributed by atoms with Crippen molar-refractivity contribution in [2.45, 2.75) is 140 Å². The molecule has 4 aromatic rings. The highest BCUT2D eigenvalue weighted by atomic mass is 32.7. The Morgan fingerprint density at radius 2 is 1.36 bits per heavy atom. The quantitative estimate of drug-likeness (QED) is 0.0914. The molecule has 32 heteroatoms. The summed E-state index contributed by atoms with van der Waals surface area (Å²) in [5.41, 5.74) is 4.56.